The van der Waals surface area contributed by atoms with E-state index in [9.17, 15) is 30.3 Å². The van der Waals surface area contributed by atoms with Crippen molar-refractivity contribution in [1.29, 1.82) is 0 Å². The van der Waals surface area contributed by atoms with Crippen molar-refractivity contribution >= 4 is 5.91 Å². The van der Waals surface area contributed by atoms with Crippen LogP contribution in [0.5, 0.6) is 0 Å². The second-order valence-corrected chi connectivity index (χ2v) is 21.9. The lowest BCUT2D eigenvalue weighted by Gasteiger charge is -2.40. The maximum absolute atomic E-state index is 13.1. The van der Waals surface area contributed by atoms with Crippen molar-refractivity contribution in [2.75, 3.05) is 13.2 Å². The van der Waals surface area contributed by atoms with Crippen molar-refractivity contribution in [3.8, 4) is 0 Å². The lowest BCUT2D eigenvalue weighted by molar-refractivity contribution is -0.302. The third kappa shape index (κ3) is 40.3. The molecule has 1 aliphatic heterocycles. The van der Waals surface area contributed by atoms with E-state index in [-0.39, 0.29) is 12.5 Å². The summed E-state index contributed by atoms with van der Waals surface area (Å²) < 4.78 is 11.3. The second kappa shape index (κ2) is 51.4. The maximum Gasteiger partial charge on any atom is 0.220 e. The Morgan fingerprint density at radius 1 is 0.471 bits per heavy atom. The van der Waals surface area contributed by atoms with Gasteiger partial charge in [0.25, 0.3) is 0 Å². The minimum atomic E-state index is -1.55. The summed E-state index contributed by atoms with van der Waals surface area (Å²) >= 11 is 0. The molecule has 1 saturated heterocycles. The molecule has 1 rings (SSSR count). The lowest BCUT2D eigenvalue weighted by Crippen LogP contribution is -2.60. The molecular weight excluding hydrogens is 875 g/mol. The molecule has 0 spiro atoms. The minimum absolute atomic E-state index is 0.133. The molecule has 0 aromatic carbocycles. The van der Waals surface area contributed by atoms with Crippen LogP contribution in [0.2, 0.25) is 0 Å². The summed E-state index contributed by atoms with van der Waals surface area (Å²) in [6.07, 6.45) is 57.1. The molecule has 1 fully saturated rings. The molecule has 9 nitrogen and oxygen atoms in total. The third-order valence-corrected chi connectivity index (χ3v) is 15.1. The van der Waals surface area contributed by atoms with Crippen LogP contribution in [0.25, 0.3) is 0 Å². The second-order valence-electron chi connectivity index (χ2n) is 21.9. The first-order valence-corrected chi connectivity index (χ1v) is 30.9. The fourth-order valence-corrected chi connectivity index (χ4v) is 10.2. The fraction of sp³-hybridized carbons (Fsp3) is 0.951. The Bertz CT molecular complexity index is 1110. The fourth-order valence-electron chi connectivity index (χ4n) is 10.2. The van der Waals surface area contributed by atoms with Crippen LogP contribution in [0.3, 0.4) is 0 Å². The van der Waals surface area contributed by atoms with Gasteiger partial charge in [-0.15, -0.1) is 0 Å². The highest BCUT2D eigenvalue weighted by molar-refractivity contribution is 5.76. The van der Waals surface area contributed by atoms with Crippen molar-refractivity contribution in [1.82, 2.24) is 5.32 Å². The molecular formula is C61H119NO8. The number of amides is 1. The number of aliphatic hydroxyl groups excluding tert-OH is 5. The van der Waals surface area contributed by atoms with Gasteiger partial charge in [-0.05, 0) is 38.5 Å². The summed E-state index contributed by atoms with van der Waals surface area (Å²) in [6, 6.07) is -0.714. The number of ether oxygens (including phenoxy) is 2. The number of hydrogen-bond donors (Lipinski definition) is 6. The van der Waals surface area contributed by atoms with E-state index in [1.54, 1.807) is 0 Å². The van der Waals surface area contributed by atoms with Gasteiger partial charge in [0.1, 0.15) is 24.4 Å². The predicted octanol–water partition coefficient (Wildman–Crippen LogP) is 15.6. The Morgan fingerprint density at radius 3 is 1.16 bits per heavy atom. The molecule has 7 atom stereocenters. The smallest absolute Gasteiger partial charge is 0.220 e. The van der Waals surface area contributed by atoms with E-state index in [0.29, 0.717) is 12.8 Å². The maximum atomic E-state index is 13.1. The zero-order valence-corrected chi connectivity index (χ0v) is 46.3. The van der Waals surface area contributed by atoms with Gasteiger partial charge >= 0.3 is 0 Å². The summed E-state index contributed by atoms with van der Waals surface area (Å²) in [5, 5.41) is 54.6. The highest BCUT2D eigenvalue weighted by Gasteiger charge is 2.44. The van der Waals surface area contributed by atoms with Gasteiger partial charge in [-0.2, -0.15) is 0 Å². The van der Waals surface area contributed by atoms with Gasteiger partial charge in [0.05, 0.1) is 25.4 Å². The van der Waals surface area contributed by atoms with E-state index < -0.39 is 49.5 Å². The van der Waals surface area contributed by atoms with Gasteiger partial charge in [-0.3, -0.25) is 4.79 Å². The first-order chi connectivity index (χ1) is 34.3. The zero-order valence-electron chi connectivity index (χ0n) is 46.3. The van der Waals surface area contributed by atoms with E-state index in [0.717, 1.165) is 38.5 Å². The SMILES string of the molecule is CCCCCCCCCCCCCCCC/C=C\CCCCCCCCCCCCCCCCCCCC(=O)NC(COC1OC(CO)C(O)C(O)C1O)C(O)CCCCCCCCCCCCCC. The number of rotatable bonds is 54. The molecule has 7 unspecified atom stereocenters. The van der Waals surface area contributed by atoms with Gasteiger partial charge in [0.2, 0.25) is 5.91 Å². The van der Waals surface area contributed by atoms with E-state index in [2.05, 4.69) is 31.3 Å². The van der Waals surface area contributed by atoms with E-state index in [4.69, 9.17) is 9.47 Å². The molecule has 416 valence electrons. The summed E-state index contributed by atoms with van der Waals surface area (Å²) in [4.78, 5) is 13.1. The third-order valence-electron chi connectivity index (χ3n) is 15.1. The van der Waals surface area contributed by atoms with E-state index >= 15 is 0 Å². The molecule has 0 radical (unpaired) electrons. The Balaban J connectivity index is 2.04. The summed E-state index contributed by atoms with van der Waals surface area (Å²) in [5.74, 6) is -0.139. The van der Waals surface area contributed by atoms with Crippen molar-refractivity contribution in [3.63, 3.8) is 0 Å². The number of aliphatic hydroxyl groups is 5. The van der Waals surface area contributed by atoms with Crippen LogP contribution < -0.4 is 5.32 Å². The van der Waals surface area contributed by atoms with E-state index in [1.165, 1.54) is 250 Å². The summed E-state index contributed by atoms with van der Waals surface area (Å²) in [6.45, 7) is 3.86. The Kier molecular flexibility index (Phi) is 49.2. The molecule has 0 aromatic heterocycles. The lowest BCUT2D eigenvalue weighted by atomic mass is 9.99. The number of carbonyl (C=O) groups is 1. The molecule has 1 aliphatic rings. The molecule has 1 heterocycles. The van der Waals surface area contributed by atoms with Crippen molar-refractivity contribution < 1.29 is 39.8 Å². The minimum Gasteiger partial charge on any atom is -0.394 e. The largest absolute Gasteiger partial charge is 0.394 e. The molecule has 6 N–H and O–H groups in total. The number of carbonyl (C=O) groups excluding carboxylic acids is 1. The quantitative estimate of drug-likeness (QED) is 0.0261. The normalized spacial score (nSPS) is 19.3. The molecule has 0 aliphatic carbocycles. The van der Waals surface area contributed by atoms with Crippen molar-refractivity contribution in [3.05, 3.63) is 12.2 Å². The van der Waals surface area contributed by atoms with Crippen LogP contribution in [0.4, 0.5) is 0 Å². The molecule has 70 heavy (non-hydrogen) atoms. The van der Waals surface area contributed by atoms with Crippen LogP contribution >= 0.6 is 0 Å². The van der Waals surface area contributed by atoms with Gasteiger partial charge in [-0.25, -0.2) is 0 Å². The van der Waals surface area contributed by atoms with Crippen molar-refractivity contribution in [2.45, 2.75) is 358 Å². The monoisotopic (exact) mass is 994 g/mol. The number of nitrogens with one attached hydrogen (secondary N) is 1. The standard InChI is InChI=1S/C61H119NO8/c1-3-5-7-9-11-13-15-17-18-19-20-21-22-23-24-25-26-27-28-29-30-31-32-33-34-35-36-37-38-39-41-43-45-47-49-51-57(65)62-54(53-69-61-60(68)59(67)58(66)56(52-63)70-61)55(64)50-48-46-44-42-40-16-14-12-10-8-6-4-2/h25-26,54-56,58-61,63-64,66-68H,3-24,27-53H2,1-2H3,(H,62,65)/b26-25-. The van der Waals surface area contributed by atoms with Gasteiger partial charge < -0.3 is 40.3 Å². The van der Waals surface area contributed by atoms with Gasteiger partial charge in [-0.1, -0.05) is 283 Å². The average Bonchev–Trinajstić information content (AvgIpc) is 3.36. The molecule has 1 amide bonds. The predicted molar refractivity (Wildman–Crippen MR) is 295 cm³/mol. The van der Waals surface area contributed by atoms with Crippen LogP contribution in [0.15, 0.2) is 12.2 Å². The number of allylic oxidation sites excluding steroid dienone is 2. The van der Waals surface area contributed by atoms with Gasteiger partial charge in [0.15, 0.2) is 6.29 Å². The van der Waals surface area contributed by atoms with E-state index in [1.807, 2.05) is 0 Å². The topological polar surface area (TPSA) is 149 Å². The first kappa shape index (κ1) is 66.9. The summed E-state index contributed by atoms with van der Waals surface area (Å²) in [7, 11) is 0. The molecule has 0 saturated carbocycles. The Hall–Kier alpha value is -1.07. The number of hydrogen-bond acceptors (Lipinski definition) is 8. The van der Waals surface area contributed by atoms with Crippen LogP contribution in [0, 0.1) is 0 Å². The van der Waals surface area contributed by atoms with Gasteiger partial charge in [0, 0.05) is 6.42 Å². The zero-order chi connectivity index (χ0) is 50.8. The highest BCUT2D eigenvalue weighted by atomic mass is 16.7. The molecule has 9 heteroatoms. The van der Waals surface area contributed by atoms with Crippen molar-refractivity contribution in [2.24, 2.45) is 0 Å². The molecule has 0 aromatic rings. The Labute approximate surface area is 433 Å². The van der Waals surface area contributed by atoms with Crippen LogP contribution in [0.1, 0.15) is 316 Å². The molecule has 0 bridgehead atoms. The van der Waals surface area contributed by atoms with Crippen LogP contribution in [-0.2, 0) is 14.3 Å². The van der Waals surface area contributed by atoms with Crippen LogP contribution in [-0.4, -0.2) is 87.5 Å². The average molecular weight is 995 g/mol. The number of unbranched alkanes of at least 4 members (excludes halogenated alkanes) is 42. The highest BCUT2D eigenvalue weighted by Crippen LogP contribution is 2.23. The Morgan fingerprint density at radius 2 is 0.800 bits per heavy atom. The summed E-state index contributed by atoms with van der Waals surface area (Å²) in [5.41, 5.74) is 0. The first-order valence-electron chi connectivity index (χ1n) is 30.9.